The fourth-order valence-electron chi connectivity index (χ4n) is 2.85. The average molecular weight is 438 g/mol. The van der Waals surface area contributed by atoms with Gasteiger partial charge in [-0.3, -0.25) is 0 Å². The normalized spacial score (nSPS) is 11.8. The molecule has 0 aliphatic heterocycles. The molecule has 2 rings (SSSR count). The van der Waals surface area contributed by atoms with E-state index < -0.39 is 0 Å². The SMILES string of the molecule is CC(C)CCN(CCc1sc(N)nc1-c1ccc(Br)cc1)CCC(C)C. The van der Waals surface area contributed by atoms with Gasteiger partial charge < -0.3 is 10.6 Å². The van der Waals surface area contributed by atoms with E-state index in [-0.39, 0.29) is 0 Å². The van der Waals surface area contributed by atoms with Crippen molar-refractivity contribution in [3.63, 3.8) is 0 Å². The van der Waals surface area contributed by atoms with Gasteiger partial charge in [0.15, 0.2) is 5.13 Å². The van der Waals surface area contributed by atoms with Crippen LogP contribution in [0.2, 0.25) is 0 Å². The Labute approximate surface area is 171 Å². The van der Waals surface area contributed by atoms with Gasteiger partial charge >= 0.3 is 0 Å². The van der Waals surface area contributed by atoms with Gasteiger partial charge in [0.25, 0.3) is 0 Å². The van der Waals surface area contributed by atoms with Crippen molar-refractivity contribution in [2.45, 2.75) is 47.0 Å². The number of hydrogen-bond acceptors (Lipinski definition) is 4. The molecule has 0 amide bonds. The van der Waals surface area contributed by atoms with Crippen LogP contribution in [-0.2, 0) is 6.42 Å². The molecule has 144 valence electrons. The summed E-state index contributed by atoms with van der Waals surface area (Å²) in [5.41, 5.74) is 8.23. The second-order valence-electron chi connectivity index (χ2n) is 7.79. The molecule has 0 aliphatic rings. The van der Waals surface area contributed by atoms with E-state index in [2.05, 4.69) is 77.8 Å². The Hall–Kier alpha value is -0.910. The van der Waals surface area contributed by atoms with Gasteiger partial charge in [-0.2, -0.15) is 0 Å². The van der Waals surface area contributed by atoms with Crippen molar-refractivity contribution in [1.82, 2.24) is 9.88 Å². The van der Waals surface area contributed by atoms with E-state index in [1.165, 1.54) is 30.8 Å². The Morgan fingerprint density at radius 2 is 1.58 bits per heavy atom. The number of nitrogens with zero attached hydrogens (tertiary/aromatic N) is 2. The zero-order chi connectivity index (χ0) is 19.1. The molecule has 0 aliphatic carbocycles. The minimum absolute atomic E-state index is 0.661. The lowest BCUT2D eigenvalue weighted by Crippen LogP contribution is -2.29. The van der Waals surface area contributed by atoms with Crippen LogP contribution in [0.1, 0.15) is 45.4 Å². The number of halogens is 1. The largest absolute Gasteiger partial charge is 0.375 e. The van der Waals surface area contributed by atoms with E-state index in [9.17, 15) is 0 Å². The Bertz CT molecular complexity index is 652. The van der Waals surface area contributed by atoms with Crippen LogP contribution in [0.15, 0.2) is 28.7 Å². The van der Waals surface area contributed by atoms with Crippen molar-refractivity contribution < 1.29 is 0 Å². The third-order valence-electron chi connectivity index (χ3n) is 4.53. The maximum absolute atomic E-state index is 6.03. The molecule has 3 nitrogen and oxygen atoms in total. The number of rotatable bonds is 10. The molecule has 0 fully saturated rings. The predicted octanol–water partition coefficient (Wildman–Crippen LogP) is 6.09. The molecule has 1 aromatic heterocycles. The number of thiazole rings is 1. The first-order valence-electron chi connectivity index (χ1n) is 9.58. The highest BCUT2D eigenvalue weighted by Gasteiger charge is 2.14. The highest BCUT2D eigenvalue weighted by molar-refractivity contribution is 9.10. The van der Waals surface area contributed by atoms with Crippen molar-refractivity contribution in [3.05, 3.63) is 33.6 Å². The Kier molecular flexibility index (Phi) is 8.58. The molecule has 5 heteroatoms. The molecule has 1 heterocycles. The third-order valence-corrected chi connectivity index (χ3v) is 6.00. The standard InChI is InChI=1S/C21H32BrN3S/c1-15(2)9-12-25(13-10-16(3)4)14-11-19-20(24-21(23)26-19)17-5-7-18(22)8-6-17/h5-8,15-16H,9-14H2,1-4H3,(H2,23,24). The van der Waals surface area contributed by atoms with E-state index >= 15 is 0 Å². The van der Waals surface area contributed by atoms with Crippen LogP contribution in [0, 0.1) is 11.8 Å². The van der Waals surface area contributed by atoms with E-state index in [1.54, 1.807) is 11.3 Å². The van der Waals surface area contributed by atoms with E-state index in [0.29, 0.717) is 5.13 Å². The van der Waals surface area contributed by atoms with Crippen LogP contribution in [0.4, 0.5) is 5.13 Å². The minimum atomic E-state index is 0.661. The molecule has 2 aromatic rings. The molecular weight excluding hydrogens is 406 g/mol. The molecule has 2 N–H and O–H groups in total. The van der Waals surface area contributed by atoms with Gasteiger partial charge in [0.05, 0.1) is 5.69 Å². The number of aromatic nitrogens is 1. The first-order chi connectivity index (χ1) is 12.3. The Morgan fingerprint density at radius 3 is 2.12 bits per heavy atom. The smallest absolute Gasteiger partial charge is 0.180 e. The summed E-state index contributed by atoms with van der Waals surface area (Å²) in [5.74, 6) is 1.49. The van der Waals surface area contributed by atoms with Crippen LogP contribution in [0.25, 0.3) is 11.3 Å². The molecule has 0 saturated heterocycles. The number of nitrogen functional groups attached to an aromatic ring is 1. The summed E-state index contributed by atoms with van der Waals surface area (Å²) in [7, 11) is 0. The van der Waals surface area contributed by atoms with Crippen LogP contribution >= 0.6 is 27.3 Å². The van der Waals surface area contributed by atoms with Crippen LogP contribution in [0.3, 0.4) is 0 Å². The van der Waals surface area contributed by atoms with Gasteiger partial charge in [0, 0.05) is 21.5 Å². The topological polar surface area (TPSA) is 42.1 Å². The Balaban J connectivity index is 2.06. The lowest BCUT2D eigenvalue weighted by Gasteiger charge is -2.24. The monoisotopic (exact) mass is 437 g/mol. The maximum Gasteiger partial charge on any atom is 0.180 e. The number of benzene rings is 1. The highest BCUT2D eigenvalue weighted by atomic mass is 79.9. The van der Waals surface area contributed by atoms with Gasteiger partial charge in [0.2, 0.25) is 0 Å². The minimum Gasteiger partial charge on any atom is -0.375 e. The number of hydrogen-bond donors (Lipinski definition) is 1. The first-order valence-corrected chi connectivity index (χ1v) is 11.2. The van der Waals surface area contributed by atoms with Gasteiger partial charge in [-0.1, -0.05) is 55.8 Å². The summed E-state index contributed by atoms with van der Waals surface area (Å²) in [6.45, 7) is 12.6. The quantitative estimate of drug-likeness (QED) is 0.488. The summed E-state index contributed by atoms with van der Waals surface area (Å²) in [5, 5.41) is 0.661. The zero-order valence-electron chi connectivity index (χ0n) is 16.5. The van der Waals surface area contributed by atoms with Gasteiger partial charge in [-0.25, -0.2) is 4.98 Å². The highest BCUT2D eigenvalue weighted by Crippen LogP contribution is 2.31. The molecule has 0 atom stereocenters. The number of anilines is 1. The summed E-state index contributed by atoms with van der Waals surface area (Å²) in [6, 6.07) is 8.34. The number of nitrogens with two attached hydrogens (primary N) is 1. The zero-order valence-corrected chi connectivity index (χ0v) is 18.9. The van der Waals surface area contributed by atoms with Crippen LogP contribution < -0.4 is 5.73 Å². The van der Waals surface area contributed by atoms with Gasteiger partial charge in [0.1, 0.15) is 0 Å². The molecule has 0 spiro atoms. The predicted molar refractivity (Wildman–Crippen MR) is 119 cm³/mol. The van der Waals surface area contributed by atoms with Crippen molar-refractivity contribution in [2.24, 2.45) is 11.8 Å². The maximum atomic E-state index is 6.03. The molecule has 0 unspecified atom stereocenters. The van der Waals surface area contributed by atoms with Crippen molar-refractivity contribution in [2.75, 3.05) is 25.4 Å². The average Bonchev–Trinajstić information content (AvgIpc) is 2.95. The molecule has 0 radical (unpaired) electrons. The van der Waals surface area contributed by atoms with E-state index in [1.807, 2.05) is 0 Å². The molecule has 26 heavy (non-hydrogen) atoms. The second kappa shape index (κ2) is 10.4. The van der Waals surface area contributed by atoms with Crippen LogP contribution in [0.5, 0.6) is 0 Å². The van der Waals surface area contributed by atoms with Gasteiger partial charge in [-0.05, 0) is 56.3 Å². The van der Waals surface area contributed by atoms with Crippen molar-refractivity contribution in [1.29, 1.82) is 0 Å². The molecular formula is C21H32BrN3S. The Morgan fingerprint density at radius 1 is 1.00 bits per heavy atom. The van der Waals surface area contributed by atoms with E-state index in [4.69, 9.17) is 5.73 Å². The fourth-order valence-corrected chi connectivity index (χ4v) is 3.96. The molecule has 0 saturated carbocycles. The fraction of sp³-hybridized carbons (Fsp3) is 0.571. The van der Waals surface area contributed by atoms with Crippen LogP contribution in [-0.4, -0.2) is 29.5 Å². The van der Waals surface area contributed by atoms with E-state index in [0.717, 1.165) is 40.5 Å². The second-order valence-corrected chi connectivity index (χ2v) is 9.82. The van der Waals surface area contributed by atoms with Crippen molar-refractivity contribution in [3.8, 4) is 11.3 Å². The van der Waals surface area contributed by atoms with Crippen molar-refractivity contribution >= 4 is 32.4 Å². The lowest BCUT2D eigenvalue weighted by molar-refractivity contribution is 0.246. The first kappa shape index (κ1) is 21.4. The molecule has 0 bridgehead atoms. The molecule has 1 aromatic carbocycles. The van der Waals surface area contributed by atoms with Gasteiger partial charge in [-0.15, -0.1) is 11.3 Å². The summed E-state index contributed by atoms with van der Waals surface area (Å²) >= 11 is 5.13. The summed E-state index contributed by atoms with van der Waals surface area (Å²) in [4.78, 5) is 8.51. The summed E-state index contributed by atoms with van der Waals surface area (Å²) in [6.07, 6.45) is 3.52. The summed E-state index contributed by atoms with van der Waals surface area (Å²) < 4.78 is 1.08. The lowest BCUT2D eigenvalue weighted by atomic mass is 10.1. The third kappa shape index (κ3) is 7.01.